The predicted octanol–water partition coefficient (Wildman–Crippen LogP) is 0.827. The molecular weight excluding hydrogens is 220 g/mol. The Kier molecular flexibility index (Phi) is 4.51. The number of aliphatic carboxylic acids is 1. The van der Waals surface area contributed by atoms with Crippen molar-refractivity contribution in [2.24, 2.45) is 11.1 Å². The van der Waals surface area contributed by atoms with Crippen LogP contribution in [0.1, 0.15) is 39.5 Å². The molecule has 0 bridgehead atoms. The summed E-state index contributed by atoms with van der Waals surface area (Å²) in [7, 11) is 0. The molecule has 3 N–H and O–H groups in total. The van der Waals surface area contributed by atoms with Gasteiger partial charge in [-0.2, -0.15) is 0 Å². The van der Waals surface area contributed by atoms with Crippen LogP contribution >= 0.6 is 0 Å². The average Bonchev–Trinajstić information content (AvgIpc) is 2.28. The van der Waals surface area contributed by atoms with Crippen LogP contribution in [-0.2, 0) is 9.59 Å². The molecule has 0 unspecified atom stereocenters. The highest BCUT2D eigenvalue weighted by atomic mass is 16.4. The molecule has 0 aromatic carbocycles. The van der Waals surface area contributed by atoms with Gasteiger partial charge in [-0.05, 0) is 32.2 Å². The van der Waals surface area contributed by atoms with Gasteiger partial charge in [0.2, 0.25) is 5.91 Å². The number of carbonyl (C=O) groups excluding carboxylic acids is 1. The zero-order valence-corrected chi connectivity index (χ0v) is 10.6. The molecule has 1 aliphatic heterocycles. The number of carbonyl (C=O) groups is 2. The maximum absolute atomic E-state index is 12.3. The molecule has 5 heteroatoms. The molecule has 0 saturated carbocycles. The Bertz CT molecular complexity index is 302. The van der Waals surface area contributed by atoms with Crippen molar-refractivity contribution in [1.82, 2.24) is 4.90 Å². The Labute approximate surface area is 102 Å². The second-order valence-corrected chi connectivity index (χ2v) is 5.27. The topological polar surface area (TPSA) is 83.6 Å². The fraction of sp³-hybridized carbons (Fsp3) is 0.833. The second kappa shape index (κ2) is 5.49. The van der Waals surface area contributed by atoms with Crippen molar-refractivity contribution < 1.29 is 14.7 Å². The van der Waals surface area contributed by atoms with Crippen LogP contribution in [0.3, 0.4) is 0 Å². The largest absolute Gasteiger partial charge is 0.480 e. The number of hydrogen-bond acceptors (Lipinski definition) is 3. The van der Waals surface area contributed by atoms with Crippen molar-refractivity contribution in [2.75, 3.05) is 13.1 Å². The van der Waals surface area contributed by atoms with Gasteiger partial charge in [0.15, 0.2) is 0 Å². The number of carboxylic acid groups (broad SMARTS) is 1. The minimum atomic E-state index is -0.901. The molecule has 1 heterocycles. The van der Waals surface area contributed by atoms with E-state index in [2.05, 4.69) is 0 Å². The van der Waals surface area contributed by atoms with Crippen LogP contribution in [-0.4, -0.2) is 41.0 Å². The van der Waals surface area contributed by atoms with Crippen molar-refractivity contribution in [2.45, 2.75) is 45.6 Å². The summed E-state index contributed by atoms with van der Waals surface area (Å²) >= 11 is 0. The molecule has 98 valence electrons. The number of amides is 1. The molecule has 17 heavy (non-hydrogen) atoms. The zero-order valence-electron chi connectivity index (χ0n) is 10.6. The van der Waals surface area contributed by atoms with Crippen LogP contribution in [0.2, 0.25) is 0 Å². The summed E-state index contributed by atoms with van der Waals surface area (Å²) in [6.45, 7) is 4.64. The lowest BCUT2D eigenvalue weighted by Crippen LogP contribution is -2.52. The first-order valence-electron chi connectivity index (χ1n) is 6.14. The maximum Gasteiger partial charge on any atom is 0.326 e. The fourth-order valence-electron chi connectivity index (χ4n) is 2.29. The Balaban J connectivity index is 2.81. The summed E-state index contributed by atoms with van der Waals surface area (Å²) in [5, 5.41) is 9.13. The number of rotatable bonds is 4. The van der Waals surface area contributed by atoms with Crippen molar-refractivity contribution in [3.63, 3.8) is 0 Å². The standard InChI is InChI=1S/C12H22N2O3/c1-12(2,6-7-13)11(17)14-8-4-3-5-9(14)10(15)16/h9H,3-8,13H2,1-2H3,(H,15,16)/t9-/m0/s1. The fourth-order valence-corrected chi connectivity index (χ4v) is 2.29. The molecule has 0 radical (unpaired) electrons. The van der Waals surface area contributed by atoms with Crippen LogP contribution in [0, 0.1) is 5.41 Å². The Morgan fingerprint density at radius 1 is 1.41 bits per heavy atom. The number of nitrogens with two attached hydrogens (primary N) is 1. The quantitative estimate of drug-likeness (QED) is 0.764. The van der Waals surface area contributed by atoms with Gasteiger partial charge >= 0.3 is 5.97 Å². The normalized spacial score (nSPS) is 21.4. The first-order valence-corrected chi connectivity index (χ1v) is 6.14. The minimum Gasteiger partial charge on any atom is -0.480 e. The molecule has 5 nitrogen and oxygen atoms in total. The van der Waals surface area contributed by atoms with E-state index in [1.165, 1.54) is 4.90 Å². The van der Waals surface area contributed by atoms with E-state index in [4.69, 9.17) is 10.8 Å². The Morgan fingerprint density at radius 2 is 2.06 bits per heavy atom. The van der Waals surface area contributed by atoms with Crippen LogP contribution in [0.15, 0.2) is 0 Å². The lowest BCUT2D eigenvalue weighted by atomic mass is 9.86. The van der Waals surface area contributed by atoms with E-state index in [1.54, 1.807) is 0 Å². The molecule has 0 aromatic rings. The van der Waals surface area contributed by atoms with Crippen LogP contribution < -0.4 is 5.73 Å². The van der Waals surface area contributed by atoms with Gasteiger partial charge in [0, 0.05) is 12.0 Å². The summed E-state index contributed by atoms with van der Waals surface area (Å²) in [5.41, 5.74) is 4.92. The molecule has 1 amide bonds. The van der Waals surface area contributed by atoms with Gasteiger partial charge in [-0.3, -0.25) is 4.79 Å². The first-order chi connectivity index (χ1) is 7.90. The number of nitrogens with zero attached hydrogens (tertiary/aromatic N) is 1. The van der Waals surface area contributed by atoms with Crippen molar-refractivity contribution in [1.29, 1.82) is 0 Å². The van der Waals surface area contributed by atoms with Crippen molar-refractivity contribution in [3.8, 4) is 0 Å². The molecule has 1 saturated heterocycles. The van der Waals surface area contributed by atoms with E-state index in [9.17, 15) is 9.59 Å². The molecule has 1 rings (SSSR count). The predicted molar refractivity (Wildman–Crippen MR) is 64.4 cm³/mol. The summed E-state index contributed by atoms with van der Waals surface area (Å²) in [5.74, 6) is -0.989. The van der Waals surface area contributed by atoms with E-state index < -0.39 is 17.4 Å². The van der Waals surface area contributed by atoms with E-state index in [-0.39, 0.29) is 5.91 Å². The summed E-state index contributed by atoms with van der Waals surface area (Å²) in [4.78, 5) is 25.0. The summed E-state index contributed by atoms with van der Waals surface area (Å²) in [6.07, 6.45) is 2.89. The third kappa shape index (κ3) is 3.19. The average molecular weight is 242 g/mol. The van der Waals surface area contributed by atoms with Gasteiger partial charge < -0.3 is 15.7 Å². The number of likely N-dealkylation sites (tertiary alicyclic amines) is 1. The summed E-state index contributed by atoms with van der Waals surface area (Å²) in [6, 6.07) is -0.659. The molecule has 1 atom stereocenters. The second-order valence-electron chi connectivity index (χ2n) is 5.27. The smallest absolute Gasteiger partial charge is 0.326 e. The monoisotopic (exact) mass is 242 g/mol. The Hall–Kier alpha value is -1.10. The third-order valence-corrected chi connectivity index (χ3v) is 3.40. The number of carboxylic acids is 1. The highest BCUT2D eigenvalue weighted by Crippen LogP contribution is 2.27. The molecule has 0 spiro atoms. The van der Waals surface area contributed by atoms with Gasteiger partial charge in [0.1, 0.15) is 6.04 Å². The molecule has 0 aliphatic carbocycles. The van der Waals surface area contributed by atoms with Crippen molar-refractivity contribution >= 4 is 11.9 Å². The highest BCUT2D eigenvalue weighted by molar-refractivity contribution is 5.87. The highest BCUT2D eigenvalue weighted by Gasteiger charge is 2.38. The SMILES string of the molecule is CC(C)(CCN)C(=O)N1CCCC[C@H]1C(=O)O. The van der Waals surface area contributed by atoms with E-state index in [0.717, 1.165) is 12.8 Å². The van der Waals surface area contributed by atoms with Crippen molar-refractivity contribution in [3.05, 3.63) is 0 Å². The number of hydrogen-bond donors (Lipinski definition) is 2. The van der Waals surface area contributed by atoms with Gasteiger partial charge in [0.25, 0.3) is 0 Å². The van der Waals surface area contributed by atoms with Crippen LogP contribution in [0.5, 0.6) is 0 Å². The third-order valence-electron chi connectivity index (χ3n) is 3.40. The maximum atomic E-state index is 12.3. The van der Waals surface area contributed by atoms with E-state index in [0.29, 0.717) is 25.9 Å². The zero-order chi connectivity index (χ0) is 13.1. The van der Waals surface area contributed by atoms with Gasteiger partial charge in [-0.15, -0.1) is 0 Å². The van der Waals surface area contributed by atoms with Crippen LogP contribution in [0.25, 0.3) is 0 Å². The van der Waals surface area contributed by atoms with Crippen LogP contribution in [0.4, 0.5) is 0 Å². The molecule has 1 fully saturated rings. The van der Waals surface area contributed by atoms with E-state index >= 15 is 0 Å². The summed E-state index contributed by atoms with van der Waals surface area (Å²) < 4.78 is 0. The van der Waals surface area contributed by atoms with E-state index in [1.807, 2.05) is 13.8 Å². The molecule has 1 aliphatic rings. The van der Waals surface area contributed by atoms with Gasteiger partial charge in [-0.1, -0.05) is 13.8 Å². The molecular formula is C12H22N2O3. The number of piperidine rings is 1. The first kappa shape index (κ1) is 14.0. The lowest BCUT2D eigenvalue weighted by molar-refractivity contribution is -0.156. The van der Waals surface area contributed by atoms with Gasteiger partial charge in [0.05, 0.1) is 0 Å². The minimum absolute atomic E-state index is 0.0879. The Morgan fingerprint density at radius 3 is 2.59 bits per heavy atom. The lowest BCUT2D eigenvalue weighted by Gasteiger charge is -2.38. The van der Waals surface area contributed by atoms with Gasteiger partial charge in [-0.25, -0.2) is 4.79 Å². The molecule has 0 aromatic heterocycles.